The highest BCUT2D eigenvalue weighted by Gasteiger charge is 2.22. The summed E-state index contributed by atoms with van der Waals surface area (Å²) in [5.41, 5.74) is 3.21. The van der Waals surface area contributed by atoms with Gasteiger partial charge in [-0.1, -0.05) is 18.7 Å². The number of fused-ring (bicyclic) bond motifs is 1. The molecule has 0 bridgehead atoms. The Kier molecular flexibility index (Phi) is 6.30. The molecule has 0 saturated heterocycles. The summed E-state index contributed by atoms with van der Waals surface area (Å²) in [6.07, 6.45) is 5.72. The Bertz CT molecular complexity index is 997. The van der Waals surface area contributed by atoms with Gasteiger partial charge in [0.05, 0.1) is 5.75 Å². The van der Waals surface area contributed by atoms with E-state index in [9.17, 15) is 9.18 Å². The smallest absolute Gasteiger partial charge is 0.234 e. The highest BCUT2D eigenvalue weighted by molar-refractivity contribution is 7.99. The first-order valence-corrected chi connectivity index (χ1v) is 11.7. The third kappa shape index (κ3) is 4.53. The van der Waals surface area contributed by atoms with Crippen molar-refractivity contribution < 1.29 is 9.18 Å². The maximum atomic E-state index is 13.0. The fourth-order valence-corrected chi connectivity index (χ4v) is 5.45. The SMILES string of the molecule is CCCn1c(SCC(=O)Nc2ccc(F)cc2)nnc1-c1csc2c1CCCC2. The van der Waals surface area contributed by atoms with Crippen LogP contribution in [0.25, 0.3) is 11.4 Å². The Hall–Kier alpha value is -2.19. The predicted octanol–water partition coefficient (Wildman–Crippen LogP) is 5.17. The van der Waals surface area contributed by atoms with Crippen LogP contribution in [0.15, 0.2) is 34.8 Å². The minimum atomic E-state index is -0.326. The number of carbonyl (C=O) groups excluding carboxylic acids is 1. The second kappa shape index (κ2) is 9.09. The van der Waals surface area contributed by atoms with Gasteiger partial charge in [-0.3, -0.25) is 4.79 Å². The average molecular weight is 431 g/mol. The Balaban J connectivity index is 1.49. The number of thiophene rings is 1. The molecule has 5 nitrogen and oxygen atoms in total. The van der Waals surface area contributed by atoms with Crippen LogP contribution in [0.2, 0.25) is 0 Å². The number of nitrogens with zero attached hydrogens (tertiary/aromatic N) is 3. The Morgan fingerprint density at radius 1 is 1.24 bits per heavy atom. The molecule has 1 amide bonds. The van der Waals surface area contributed by atoms with Crippen molar-refractivity contribution in [1.82, 2.24) is 14.8 Å². The van der Waals surface area contributed by atoms with E-state index in [0.29, 0.717) is 5.69 Å². The Morgan fingerprint density at radius 2 is 2.03 bits per heavy atom. The van der Waals surface area contributed by atoms with Crippen LogP contribution in [-0.2, 0) is 24.2 Å². The maximum Gasteiger partial charge on any atom is 0.234 e. The molecule has 0 unspecified atom stereocenters. The highest BCUT2D eigenvalue weighted by atomic mass is 32.2. The topological polar surface area (TPSA) is 59.8 Å². The van der Waals surface area contributed by atoms with Crippen molar-refractivity contribution in [3.05, 3.63) is 45.9 Å². The zero-order chi connectivity index (χ0) is 20.2. The number of hydrogen-bond donors (Lipinski definition) is 1. The summed E-state index contributed by atoms with van der Waals surface area (Å²) in [5.74, 6) is 0.657. The summed E-state index contributed by atoms with van der Waals surface area (Å²) >= 11 is 3.20. The largest absolute Gasteiger partial charge is 0.325 e. The van der Waals surface area contributed by atoms with E-state index >= 15 is 0 Å². The minimum Gasteiger partial charge on any atom is -0.325 e. The van der Waals surface area contributed by atoms with Gasteiger partial charge in [0.1, 0.15) is 5.82 Å². The van der Waals surface area contributed by atoms with E-state index in [0.717, 1.165) is 36.8 Å². The summed E-state index contributed by atoms with van der Waals surface area (Å²) in [5, 5.41) is 14.6. The van der Waals surface area contributed by atoms with E-state index in [1.807, 2.05) is 11.3 Å². The first-order valence-electron chi connectivity index (χ1n) is 9.86. The Labute approximate surface area is 177 Å². The van der Waals surface area contributed by atoms with Crippen LogP contribution in [0.4, 0.5) is 10.1 Å². The first kappa shape index (κ1) is 20.1. The van der Waals surface area contributed by atoms with E-state index < -0.39 is 0 Å². The summed E-state index contributed by atoms with van der Waals surface area (Å²) in [6.45, 7) is 2.94. The molecular formula is C21H23FN4OS2. The number of hydrogen-bond acceptors (Lipinski definition) is 5. The molecule has 8 heteroatoms. The van der Waals surface area contributed by atoms with Gasteiger partial charge in [-0.2, -0.15) is 0 Å². The van der Waals surface area contributed by atoms with E-state index in [-0.39, 0.29) is 17.5 Å². The number of carbonyl (C=O) groups is 1. The van der Waals surface area contributed by atoms with Crippen molar-refractivity contribution >= 4 is 34.7 Å². The maximum absolute atomic E-state index is 13.0. The predicted molar refractivity (Wildman–Crippen MR) is 116 cm³/mol. The number of nitrogens with one attached hydrogen (secondary N) is 1. The molecule has 0 atom stereocenters. The van der Waals surface area contributed by atoms with Gasteiger partial charge in [0.25, 0.3) is 0 Å². The fraction of sp³-hybridized carbons (Fsp3) is 0.381. The number of anilines is 1. The zero-order valence-corrected chi connectivity index (χ0v) is 17.9. The average Bonchev–Trinajstić information content (AvgIpc) is 3.32. The number of benzene rings is 1. The quantitative estimate of drug-likeness (QED) is 0.526. The van der Waals surface area contributed by atoms with Crippen LogP contribution in [-0.4, -0.2) is 26.4 Å². The lowest BCUT2D eigenvalue weighted by molar-refractivity contribution is -0.113. The van der Waals surface area contributed by atoms with Crippen molar-refractivity contribution in [1.29, 1.82) is 0 Å². The van der Waals surface area contributed by atoms with Gasteiger partial charge >= 0.3 is 0 Å². The molecule has 2 aromatic heterocycles. The molecule has 0 spiro atoms. The van der Waals surface area contributed by atoms with Crippen molar-refractivity contribution in [2.24, 2.45) is 0 Å². The molecule has 2 heterocycles. The molecule has 0 aliphatic heterocycles. The molecule has 1 N–H and O–H groups in total. The number of aromatic nitrogens is 3. The lowest BCUT2D eigenvalue weighted by atomic mass is 9.95. The van der Waals surface area contributed by atoms with Gasteiger partial charge in [-0.15, -0.1) is 21.5 Å². The number of amides is 1. The molecular weight excluding hydrogens is 407 g/mol. The molecule has 29 heavy (non-hydrogen) atoms. The summed E-state index contributed by atoms with van der Waals surface area (Å²) < 4.78 is 15.1. The number of thioether (sulfide) groups is 1. The van der Waals surface area contributed by atoms with E-state index in [4.69, 9.17) is 0 Å². The van der Waals surface area contributed by atoms with E-state index in [1.54, 1.807) is 12.1 Å². The van der Waals surface area contributed by atoms with Gasteiger partial charge in [-0.05, 0) is 61.9 Å². The van der Waals surface area contributed by atoms with Gasteiger partial charge < -0.3 is 9.88 Å². The summed E-state index contributed by atoms with van der Waals surface area (Å²) in [4.78, 5) is 13.8. The van der Waals surface area contributed by atoms with Crippen LogP contribution < -0.4 is 5.32 Å². The van der Waals surface area contributed by atoms with Gasteiger partial charge in [-0.25, -0.2) is 4.39 Å². The summed E-state index contributed by atoms with van der Waals surface area (Å²) in [7, 11) is 0. The normalized spacial score (nSPS) is 13.3. The third-order valence-corrected chi connectivity index (χ3v) is 6.98. The number of rotatable bonds is 7. The molecule has 0 fully saturated rings. The van der Waals surface area contributed by atoms with Crippen LogP contribution in [0.1, 0.15) is 36.6 Å². The molecule has 1 aromatic carbocycles. The molecule has 152 valence electrons. The molecule has 0 radical (unpaired) electrons. The van der Waals surface area contributed by atoms with Crippen molar-refractivity contribution in [3.63, 3.8) is 0 Å². The van der Waals surface area contributed by atoms with Crippen LogP contribution >= 0.6 is 23.1 Å². The van der Waals surface area contributed by atoms with E-state index in [2.05, 4.69) is 32.4 Å². The molecule has 0 saturated carbocycles. The first-order chi connectivity index (χ1) is 14.2. The van der Waals surface area contributed by atoms with Gasteiger partial charge in [0.2, 0.25) is 5.91 Å². The molecule has 1 aliphatic carbocycles. The lowest BCUT2D eigenvalue weighted by Crippen LogP contribution is -2.14. The van der Waals surface area contributed by atoms with Gasteiger partial charge in [0.15, 0.2) is 11.0 Å². The fourth-order valence-electron chi connectivity index (χ4n) is 3.56. The standard InChI is InChI=1S/C21H23FN4OS2/c1-2-11-26-20(17-12-28-18-6-4-3-5-16(17)18)24-25-21(26)29-13-19(27)23-15-9-7-14(22)8-10-15/h7-10,12H,2-6,11,13H2,1H3,(H,23,27). The minimum absolute atomic E-state index is 0.151. The lowest BCUT2D eigenvalue weighted by Gasteiger charge is -2.13. The second-order valence-electron chi connectivity index (χ2n) is 7.06. The zero-order valence-electron chi connectivity index (χ0n) is 16.3. The van der Waals surface area contributed by atoms with Crippen LogP contribution in [0, 0.1) is 5.82 Å². The highest BCUT2D eigenvalue weighted by Crippen LogP contribution is 2.36. The Morgan fingerprint density at radius 3 is 2.83 bits per heavy atom. The van der Waals surface area contributed by atoms with Crippen molar-refractivity contribution in [2.45, 2.75) is 50.7 Å². The monoisotopic (exact) mass is 430 g/mol. The van der Waals surface area contributed by atoms with Crippen LogP contribution in [0.5, 0.6) is 0 Å². The van der Waals surface area contributed by atoms with Crippen molar-refractivity contribution in [2.75, 3.05) is 11.1 Å². The van der Waals surface area contributed by atoms with E-state index in [1.165, 1.54) is 52.7 Å². The molecule has 1 aliphatic rings. The second-order valence-corrected chi connectivity index (χ2v) is 8.97. The third-order valence-electron chi connectivity index (χ3n) is 4.93. The molecule has 3 aromatic rings. The van der Waals surface area contributed by atoms with Crippen LogP contribution in [0.3, 0.4) is 0 Å². The van der Waals surface area contributed by atoms with Crippen molar-refractivity contribution in [3.8, 4) is 11.4 Å². The summed E-state index contributed by atoms with van der Waals surface area (Å²) in [6, 6.07) is 5.76. The van der Waals surface area contributed by atoms with Gasteiger partial charge in [0, 0.05) is 28.1 Å². The number of aryl methyl sites for hydroxylation is 1. The number of halogens is 1. The molecule has 4 rings (SSSR count).